The zero-order chi connectivity index (χ0) is 15.9. The van der Waals surface area contributed by atoms with Gasteiger partial charge in [0, 0.05) is 26.2 Å². The van der Waals surface area contributed by atoms with Gasteiger partial charge in [0.15, 0.2) is 0 Å². The van der Waals surface area contributed by atoms with Crippen molar-refractivity contribution in [1.82, 2.24) is 9.80 Å². The summed E-state index contributed by atoms with van der Waals surface area (Å²) in [6, 6.07) is 21.7. The van der Waals surface area contributed by atoms with E-state index in [1.807, 2.05) is 0 Å². The lowest BCUT2D eigenvalue weighted by Gasteiger charge is -2.34. The molecule has 1 saturated heterocycles. The summed E-state index contributed by atoms with van der Waals surface area (Å²) >= 11 is 0. The van der Waals surface area contributed by atoms with Crippen LogP contribution in [0.15, 0.2) is 60.7 Å². The molecule has 0 aromatic heterocycles. The Morgan fingerprint density at radius 3 is 2.00 bits per heavy atom. The summed E-state index contributed by atoms with van der Waals surface area (Å²) in [6.45, 7) is 5.76. The molecule has 0 spiro atoms. The van der Waals surface area contributed by atoms with Crippen LogP contribution in [0.1, 0.15) is 24.0 Å². The highest BCUT2D eigenvalue weighted by Crippen LogP contribution is 2.19. The van der Waals surface area contributed by atoms with E-state index in [0.717, 1.165) is 19.0 Å². The fourth-order valence-corrected chi connectivity index (χ4v) is 3.66. The van der Waals surface area contributed by atoms with Crippen LogP contribution < -0.4 is 0 Å². The molecule has 0 bridgehead atoms. The lowest BCUT2D eigenvalue weighted by Crippen LogP contribution is -2.38. The largest absolute Gasteiger partial charge is 0.306 e. The zero-order valence-corrected chi connectivity index (χ0v) is 14.2. The van der Waals surface area contributed by atoms with Crippen molar-refractivity contribution in [1.29, 1.82) is 0 Å². The average Bonchev–Trinajstić information content (AvgIpc) is 2.57. The molecule has 0 amide bonds. The van der Waals surface area contributed by atoms with E-state index in [9.17, 15) is 0 Å². The van der Waals surface area contributed by atoms with Gasteiger partial charge in [-0.3, -0.25) is 4.90 Å². The summed E-state index contributed by atoms with van der Waals surface area (Å²) in [5.74, 6) is 0.793. The summed E-state index contributed by atoms with van der Waals surface area (Å²) in [5, 5.41) is 0. The molecule has 122 valence electrons. The minimum Gasteiger partial charge on any atom is -0.306 e. The monoisotopic (exact) mass is 308 g/mol. The van der Waals surface area contributed by atoms with Gasteiger partial charge in [0.05, 0.1) is 0 Å². The predicted octanol–water partition coefficient (Wildman–Crippen LogP) is 4.03. The molecule has 1 aliphatic heterocycles. The van der Waals surface area contributed by atoms with Crippen molar-refractivity contribution in [3.8, 4) is 0 Å². The van der Waals surface area contributed by atoms with E-state index < -0.39 is 0 Å². The fourth-order valence-electron chi connectivity index (χ4n) is 3.66. The van der Waals surface area contributed by atoms with Crippen molar-refractivity contribution in [2.45, 2.75) is 25.9 Å². The molecule has 0 radical (unpaired) electrons. The normalized spacial score (nSPS) is 19.1. The molecule has 23 heavy (non-hydrogen) atoms. The Balaban J connectivity index is 1.67. The first-order valence-corrected chi connectivity index (χ1v) is 8.78. The van der Waals surface area contributed by atoms with Gasteiger partial charge in [-0.2, -0.15) is 0 Å². The van der Waals surface area contributed by atoms with E-state index in [-0.39, 0.29) is 0 Å². The van der Waals surface area contributed by atoms with E-state index in [4.69, 9.17) is 0 Å². The molecule has 0 unspecified atom stereocenters. The molecule has 2 nitrogen and oxygen atoms in total. The van der Waals surface area contributed by atoms with Crippen LogP contribution in [-0.4, -0.2) is 36.5 Å². The minimum atomic E-state index is 0.793. The molecular weight excluding hydrogens is 280 g/mol. The van der Waals surface area contributed by atoms with Crippen molar-refractivity contribution < 1.29 is 0 Å². The first-order valence-electron chi connectivity index (χ1n) is 8.78. The van der Waals surface area contributed by atoms with Crippen molar-refractivity contribution in [3.05, 3.63) is 71.8 Å². The van der Waals surface area contributed by atoms with Gasteiger partial charge in [-0.15, -0.1) is 0 Å². The predicted molar refractivity (Wildman–Crippen MR) is 97.2 cm³/mol. The lowest BCUT2D eigenvalue weighted by molar-refractivity contribution is 0.143. The second-order valence-corrected chi connectivity index (χ2v) is 6.91. The summed E-state index contributed by atoms with van der Waals surface area (Å²) in [5.41, 5.74) is 2.82. The van der Waals surface area contributed by atoms with Crippen molar-refractivity contribution in [3.63, 3.8) is 0 Å². The summed E-state index contributed by atoms with van der Waals surface area (Å²) in [7, 11) is 2.25. The smallest absolute Gasteiger partial charge is 0.0237 e. The van der Waals surface area contributed by atoms with E-state index in [1.54, 1.807) is 0 Å². The summed E-state index contributed by atoms with van der Waals surface area (Å²) in [6.07, 6.45) is 2.70. The third-order valence-corrected chi connectivity index (χ3v) is 4.74. The number of hydrogen-bond donors (Lipinski definition) is 0. The maximum absolute atomic E-state index is 2.62. The maximum Gasteiger partial charge on any atom is 0.0237 e. The molecule has 1 atom stereocenters. The van der Waals surface area contributed by atoms with Gasteiger partial charge < -0.3 is 4.90 Å². The molecule has 2 heteroatoms. The second kappa shape index (κ2) is 8.28. The number of piperidine rings is 1. The standard InChI is InChI=1S/C21H28N2/c1-22-14-8-13-21(15-22)18-23(16-19-9-4-2-5-10-19)17-20-11-6-3-7-12-20/h2-7,9-12,21H,8,13-18H2,1H3/t21-/m1/s1. The van der Waals surface area contributed by atoms with Crippen LogP contribution in [0, 0.1) is 5.92 Å². The highest BCUT2D eigenvalue weighted by Gasteiger charge is 2.20. The molecule has 2 aromatic rings. The molecule has 1 heterocycles. The SMILES string of the molecule is CN1CCC[C@@H](CN(Cc2ccccc2)Cc2ccccc2)C1. The third kappa shape index (κ3) is 5.19. The quantitative estimate of drug-likeness (QED) is 0.795. The molecule has 0 saturated carbocycles. The van der Waals surface area contributed by atoms with Crippen LogP contribution in [0.3, 0.4) is 0 Å². The first kappa shape index (κ1) is 16.2. The van der Waals surface area contributed by atoms with Crippen molar-refractivity contribution in [2.24, 2.45) is 5.92 Å². The van der Waals surface area contributed by atoms with E-state index >= 15 is 0 Å². The highest BCUT2D eigenvalue weighted by molar-refractivity contribution is 5.17. The van der Waals surface area contributed by atoms with Crippen molar-refractivity contribution >= 4 is 0 Å². The van der Waals surface area contributed by atoms with Gasteiger partial charge in [0.2, 0.25) is 0 Å². The number of hydrogen-bond acceptors (Lipinski definition) is 2. The number of benzene rings is 2. The van der Waals surface area contributed by atoms with Crippen LogP contribution in [0.4, 0.5) is 0 Å². The summed E-state index contributed by atoms with van der Waals surface area (Å²) in [4.78, 5) is 5.10. The number of nitrogens with zero attached hydrogens (tertiary/aromatic N) is 2. The highest BCUT2D eigenvalue weighted by atomic mass is 15.1. The maximum atomic E-state index is 2.62. The van der Waals surface area contributed by atoms with Gasteiger partial charge in [0.25, 0.3) is 0 Å². The van der Waals surface area contributed by atoms with Gasteiger partial charge in [-0.05, 0) is 43.5 Å². The third-order valence-electron chi connectivity index (χ3n) is 4.74. The van der Waals surface area contributed by atoms with Crippen molar-refractivity contribution in [2.75, 3.05) is 26.7 Å². The Labute approximate surface area is 140 Å². The average molecular weight is 308 g/mol. The van der Waals surface area contributed by atoms with E-state index in [1.165, 1.54) is 43.6 Å². The van der Waals surface area contributed by atoms with Crippen LogP contribution in [0.25, 0.3) is 0 Å². The van der Waals surface area contributed by atoms with Crippen LogP contribution >= 0.6 is 0 Å². The Morgan fingerprint density at radius 2 is 1.48 bits per heavy atom. The van der Waals surface area contributed by atoms with Gasteiger partial charge in [-0.25, -0.2) is 0 Å². The van der Waals surface area contributed by atoms with E-state index in [0.29, 0.717) is 0 Å². The summed E-state index contributed by atoms with van der Waals surface area (Å²) < 4.78 is 0. The minimum absolute atomic E-state index is 0.793. The molecule has 1 aliphatic rings. The molecule has 0 aliphatic carbocycles. The fraction of sp³-hybridized carbons (Fsp3) is 0.429. The Kier molecular flexibility index (Phi) is 5.84. The molecule has 1 fully saturated rings. The zero-order valence-electron chi connectivity index (χ0n) is 14.2. The molecule has 0 N–H and O–H groups in total. The Hall–Kier alpha value is -1.64. The van der Waals surface area contributed by atoms with Crippen LogP contribution in [0.5, 0.6) is 0 Å². The molecule has 3 rings (SSSR count). The molecule has 2 aromatic carbocycles. The lowest BCUT2D eigenvalue weighted by atomic mass is 9.97. The second-order valence-electron chi connectivity index (χ2n) is 6.91. The first-order chi connectivity index (χ1) is 11.3. The van der Waals surface area contributed by atoms with Gasteiger partial charge in [-0.1, -0.05) is 60.7 Å². The van der Waals surface area contributed by atoms with Crippen LogP contribution in [0.2, 0.25) is 0 Å². The Bertz CT molecular complexity index is 525. The van der Waals surface area contributed by atoms with E-state index in [2.05, 4.69) is 77.5 Å². The van der Waals surface area contributed by atoms with Crippen LogP contribution in [-0.2, 0) is 13.1 Å². The molecular formula is C21H28N2. The van der Waals surface area contributed by atoms with Gasteiger partial charge in [0.1, 0.15) is 0 Å². The van der Waals surface area contributed by atoms with Gasteiger partial charge >= 0.3 is 0 Å². The number of likely N-dealkylation sites (tertiary alicyclic amines) is 1. The number of rotatable bonds is 6. The topological polar surface area (TPSA) is 6.48 Å². The Morgan fingerprint density at radius 1 is 0.913 bits per heavy atom.